The highest BCUT2D eigenvalue weighted by atomic mass is 16.3. The summed E-state index contributed by atoms with van der Waals surface area (Å²) in [4.78, 5) is 0. The molecule has 10 rings (SSSR count). The van der Waals surface area contributed by atoms with Gasteiger partial charge in [0, 0.05) is 10.8 Å². The molecule has 9 heteroatoms. The minimum absolute atomic E-state index is 0.173. The largest absolute Gasteiger partial charge is 0.456 e. The van der Waals surface area contributed by atoms with E-state index >= 15 is 0 Å². The Labute approximate surface area is 329 Å². The normalized spacial score (nSPS) is 11.9. The van der Waals surface area contributed by atoms with Gasteiger partial charge in [0.05, 0.1) is 0 Å². The Balaban J connectivity index is 1.31. The van der Waals surface area contributed by atoms with Crippen molar-refractivity contribution in [3.8, 4) is 33.4 Å². The SMILES string of the molecule is [B]c1c([B])c([B])c2c(-c3cccc4ccccc34)c3c([B])c([B])c([B])c([B])c3c(-c3ccc(-c4cccc5oc6cc7ccccc7cc6c45)cc3)c2c1[B]. The first kappa shape index (κ1) is 33.9. The van der Waals surface area contributed by atoms with Crippen LogP contribution in [0.3, 0.4) is 0 Å². The van der Waals surface area contributed by atoms with Gasteiger partial charge in [0.25, 0.3) is 0 Å². The number of benzene rings is 9. The molecule has 1 nitrogen and oxygen atoms in total. The minimum atomic E-state index is 0.173. The summed E-state index contributed by atoms with van der Waals surface area (Å²) in [5.74, 6) is 0. The van der Waals surface area contributed by atoms with Crippen LogP contribution in [0.2, 0.25) is 0 Å². The number of fused-ring (bicyclic) bond motifs is 7. The van der Waals surface area contributed by atoms with Gasteiger partial charge in [-0.05, 0) is 94.7 Å². The van der Waals surface area contributed by atoms with Crippen molar-refractivity contribution in [3.05, 3.63) is 121 Å². The molecule has 234 valence electrons. The molecule has 0 N–H and O–H groups in total. The molecule has 55 heavy (non-hydrogen) atoms. The van der Waals surface area contributed by atoms with E-state index < -0.39 is 0 Å². The van der Waals surface area contributed by atoms with Gasteiger partial charge in [0.2, 0.25) is 0 Å². The number of rotatable bonds is 3. The maximum Gasteiger partial charge on any atom is 0.136 e. The van der Waals surface area contributed by atoms with E-state index in [4.69, 9.17) is 67.2 Å². The first-order valence-electron chi connectivity index (χ1n) is 17.8. The van der Waals surface area contributed by atoms with Crippen LogP contribution >= 0.6 is 0 Å². The molecule has 0 saturated carbocycles. The van der Waals surface area contributed by atoms with Crippen LogP contribution < -0.4 is 43.7 Å². The maximum atomic E-state index is 7.00. The Morgan fingerprint density at radius 2 is 0.782 bits per heavy atom. The van der Waals surface area contributed by atoms with E-state index in [2.05, 4.69) is 42.5 Å². The van der Waals surface area contributed by atoms with Gasteiger partial charge in [-0.15, -0.1) is 21.9 Å². The molecular formula is C46H20B8O. The summed E-state index contributed by atoms with van der Waals surface area (Å²) in [6.45, 7) is 0. The lowest BCUT2D eigenvalue weighted by molar-refractivity contribution is 0.669. The molecule has 1 heterocycles. The van der Waals surface area contributed by atoms with Gasteiger partial charge < -0.3 is 4.42 Å². The highest BCUT2D eigenvalue weighted by molar-refractivity contribution is 6.71. The third-order valence-corrected chi connectivity index (χ3v) is 11.2. The Morgan fingerprint density at radius 1 is 0.309 bits per heavy atom. The van der Waals surface area contributed by atoms with E-state index in [1.54, 1.807) is 0 Å². The minimum Gasteiger partial charge on any atom is -0.456 e. The molecule has 16 radical (unpaired) electrons. The monoisotopic (exact) mass is 676 g/mol. The van der Waals surface area contributed by atoms with Crippen LogP contribution in [0.1, 0.15) is 0 Å². The summed E-state index contributed by atoms with van der Waals surface area (Å²) in [5, 5.41) is 8.65. The van der Waals surface area contributed by atoms with Crippen molar-refractivity contribution < 1.29 is 4.42 Å². The topological polar surface area (TPSA) is 13.1 Å². The van der Waals surface area contributed by atoms with Gasteiger partial charge in [0.15, 0.2) is 0 Å². The lowest BCUT2D eigenvalue weighted by Gasteiger charge is -2.29. The van der Waals surface area contributed by atoms with E-state index in [1.807, 2.05) is 78.9 Å². The molecule has 0 fully saturated rings. The highest BCUT2D eigenvalue weighted by Gasteiger charge is 2.25. The molecule has 0 aliphatic rings. The molecule has 1 aromatic heterocycles. The Kier molecular flexibility index (Phi) is 7.66. The van der Waals surface area contributed by atoms with Gasteiger partial charge >= 0.3 is 0 Å². The van der Waals surface area contributed by atoms with Crippen molar-refractivity contribution in [2.75, 3.05) is 0 Å². The summed E-state index contributed by atoms with van der Waals surface area (Å²) in [5.41, 5.74) is 8.37. The zero-order valence-electron chi connectivity index (χ0n) is 29.6. The van der Waals surface area contributed by atoms with E-state index in [0.717, 1.165) is 65.7 Å². The van der Waals surface area contributed by atoms with Crippen LogP contribution in [-0.2, 0) is 0 Å². The van der Waals surface area contributed by atoms with Crippen LogP contribution in [0.5, 0.6) is 0 Å². The van der Waals surface area contributed by atoms with Gasteiger partial charge in [-0.2, -0.15) is 0 Å². The van der Waals surface area contributed by atoms with Crippen molar-refractivity contribution in [1.82, 2.24) is 0 Å². The Morgan fingerprint density at radius 3 is 1.40 bits per heavy atom. The third-order valence-electron chi connectivity index (χ3n) is 11.2. The lowest BCUT2D eigenvalue weighted by Crippen LogP contribution is -2.50. The second-order valence-corrected chi connectivity index (χ2v) is 14.1. The summed E-state index contributed by atoms with van der Waals surface area (Å²) in [6.07, 6.45) is 0. The molecule has 0 spiro atoms. The second kappa shape index (κ2) is 12.4. The van der Waals surface area contributed by atoms with Crippen molar-refractivity contribution in [1.29, 1.82) is 0 Å². The van der Waals surface area contributed by atoms with Gasteiger partial charge in [-0.25, -0.2) is 0 Å². The molecular weight excluding hydrogens is 655 g/mol. The fourth-order valence-corrected chi connectivity index (χ4v) is 8.52. The van der Waals surface area contributed by atoms with E-state index in [1.165, 1.54) is 0 Å². The zero-order chi connectivity index (χ0) is 37.9. The van der Waals surface area contributed by atoms with E-state index in [9.17, 15) is 0 Å². The maximum absolute atomic E-state index is 7.00. The molecule has 0 unspecified atom stereocenters. The third kappa shape index (κ3) is 4.85. The second-order valence-electron chi connectivity index (χ2n) is 14.1. The molecule has 0 amide bonds. The summed E-state index contributed by atoms with van der Waals surface area (Å²) >= 11 is 0. The first-order valence-corrected chi connectivity index (χ1v) is 17.8. The molecule has 9 aromatic carbocycles. The smallest absolute Gasteiger partial charge is 0.136 e. The fourth-order valence-electron chi connectivity index (χ4n) is 8.52. The van der Waals surface area contributed by atoms with Crippen LogP contribution in [0.4, 0.5) is 0 Å². The van der Waals surface area contributed by atoms with Crippen molar-refractivity contribution in [2.45, 2.75) is 0 Å². The molecule has 10 aromatic rings. The molecule has 0 bridgehead atoms. The quantitative estimate of drug-likeness (QED) is 0.207. The predicted molar refractivity (Wildman–Crippen MR) is 243 cm³/mol. The standard InChI is InChI=1S/C46H20B8O/c47-39-35-32(23-17-15-22(16-18-23)27-12-6-14-30-33(27)29-19-24-8-1-2-9-25(24)20-31(29)55-30)36-38(42(50)46(54)44(52)40(36)48)34(37(35)41(49)45(53)43(39)51)28-13-5-10-21-7-3-4-11-26(21)28/h1-20H. The van der Waals surface area contributed by atoms with Gasteiger partial charge in [-0.1, -0.05) is 125 Å². The van der Waals surface area contributed by atoms with Crippen molar-refractivity contribution in [3.63, 3.8) is 0 Å². The van der Waals surface area contributed by atoms with Crippen molar-refractivity contribution >= 4 is 172 Å². The molecule has 0 aliphatic heterocycles. The summed E-state index contributed by atoms with van der Waals surface area (Å²) in [6, 6.07) is 41.0. The average molecular weight is 675 g/mol. The number of furan rings is 1. The van der Waals surface area contributed by atoms with E-state index in [0.29, 0.717) is 32.7 Å². The Hall–Kier alpha value is -5.66. The number of hydrogen-bond acceptors (Lipinski definition) is 1. The van der Waals surface area contributed by atoms with Crippen LogP contribution in [0, 0.1) is 0 Å². The van der Waals surface area contributed by atoms with Crippen molar-refractivity contribution in [2.24, 2.45) is 0 Å². The van der Waals surface area contributed by atoms with Crippen LogP contribution in [0.15, 0.2) is 126 Å². The zero-order valence-corrected chi connectivity index (χ0v) is 29.6. The number of hydrogen-bond donors (Lipinski definition) is 0. The molecule has 0 aliphatic carbocycles. The fraction of sp³-hybridized carbons (Fsp3) is 0. The molecule has 0 atom stereocenters. The highest BCUT2D eigenvalue weighted by Crippen LogP contribution is 2.44. The van der Waals surface area contributed by atoms with Crippen LogP contribution in [-0.4, -0.2) is 62.8 Å². The van der Waals surface area contributed by atoms with Gasteiger partial charge in [0.1, 0.15) is 73.9 Å². The lowest BCUT2D eigenvalue weighted by atomic mass is 9.59. The van der Waals surface area contributed by atoms with E-state index in [-0.39, 0.29) is 43.7 Å². The Bertz CT molecular complexity index is 3210. The predicted octanol–water partition coefficient (Wildman–Crippen LogP) is 3.55. The summed E-state index contributed by atoms with van der Waals surface area (Å²) in [7, 11) is 54.5. The van der Waals surface area contributed by atoms with Gasteiger partial charge in [-0.3, -0.25) is 0 Å². The molecule has 0 saturated heterocycles. The van der Waals surface area contributed by atoms with Crippen LogP contribution in [0.25, 0.3) is 98.4 Å². The first-order chi connectivity index (χ1) is 26.6. The average Bonchev–Trinajstić information content (AvgIpc) is 3.59. The summed E-state index contributed by atoms with van der Waals surface area (Å²) < 4.78 is 6.38.